The Labute approximate surface area is 138 Å². The van der Waals surface area contributed by atoms with Crippen molar-refractivity contribution >= 4 is 17.4 Å². The zero-order valence-electron chi connectivity index (χ0n) is 14.6. The van der Waals surface area contributed by atoms with Crippen LogP contribution in [0.3, 0.4) is 0 Å². The molecule has 1 aromatic rings. The van der Waals surface area contributed by atoms with Crippen molar-refractivity contribution in [3.8, 4) is 0 Å². The topological polar surface area (TPSA) is 54.5 Å². The molecule has 0 saturated heterocycles. The summed E-state index contributed by atoms with van der Waals surface area (Å²) in [5, 5.41) is 4.60. The van der Waals surface area contributed by atoms with Crippen LogP contribution in [-0.2, 0) is 17.7 Å². The molecule has 0 aliphatic heterocycles. The maximum absolute atomic E-state index is 11.9. The van der Waals surface area contributed by atoms with Gasteiger partial charge in [-0.2, -0.15) is 0 Å². The van der Waals surface area contributed by atoms with Crippen LogP contribution in [0.2, 0.25) is 0 Å². The molecule has 1 heterocycles. The lowest BCUT2D eigenvalue weighted by Crippen LogP contribution is -2.38. The van der Waals surface area contributed by atoms with E-state index >= 15 is 0 Å². The van der Waals surface area contributed by atoms with E-state index in [0.29, 0.717) is 12.5 Å². The minimum atomic E-state index is -0.448. The molecule has 0 bridgehead atoms. The molecule has 22 heavy (non-hydrogen) atoms. The first-order valence-corrected chi connectivity index (χ1v) is 8.61. The molecule has 0 aromatic carbocycles. The van der Waals surface area contributed by atoms with Crippen molar-refractivity contribution in [2.45, 2.75) is 53.2 Å². The standard InChI is InChI=1S/C16H29N3O2S/c1-7-14-18-10-13(22-14)9-17-8-12(2)11-19(6)15(20)21-16(3,4)5/h10,12,17H,7-9,11H2,1-6H3. The molecule has 0 spiro atoms. The van der Waals surface area contributed by atoms with Crippen LogP contribution in [0.15, 0.2) is 6.20 Å². The summed E-state index contributed by atoms with van der Waals surface area (Å²) in [6.07, 6.45) is 2.66. The lowest BCUT2D eigenvalue weighted by molar-refractivity contribution is 0.0277. The van der Waals surface area contributed by atoms with Crippen LogP contribution in [0.5, 0.6) is 0 Å². The molecular formula is C16H29N3O2S. The van der Waals surface area contributed by atoms with Gasteiger partial charge in [-0.05, 0) is 39.7 Å². The molecule has 0 radical (unpaired) electrons. The Bertz CT molecular complexity index is 468. The molecule has 5 nitrogen and oxygen atoms in total. The van der Waals surface area contributed by atoms with Crippen molar-refractivity contribution in [2.75, 3.05) is 20.1 Å². The smallest absolute Gasteiger partial charge is 0.410 e. The van der Waals surface area contributed by atoms with Gasteiger partial charge in [-0.3, -0.25) is 0 Å². The maximum Gasteiger partial charge on any atom is 0.410 e. The molecule has 1 N–H and O–H groups in total. The molecule has 1 amide bonds. The number of ether oxygens (including phenoxy) is 1. The second-order valence-electron chi connectivity index (χ2n) is 6.67. The maximum atomic E-state index is 11.9. The fraction of sp³-hybridized carbons (Fsp3) is 0.750. The first-order chi connectivity index (χ1) is 10.2. The predicted octanol–water partition coefficient (Wildman–Crippen LogP) is 3.30. The van der Waals surface area contributed by atoms with Gasteiger partial charge in [-0.25, -0.2) is 9.78 Å². The number of hydrogen-bond acceptors (Lipinski definition) is 5. The van der Waals surface area contributed by atoms with Gasteiger partial charge in [0.2, 0.25) is 0 Å². The number of thiazole rings is 1. The number of rotatable bonds is 7. The fourth-order valence-electron chi connectivity index (χ4n) is 1.98. The van der Waals surface area contributed by atoms with E-state index in [2.05, 4.69) is 24.1 Å². The number of amides is 1. The molecule has 1 aromatic heterocycles. The van der Waals surface area contributed by atoms with E-state index in [0.717, 1.165) is 19.5 Å². The fourth-order valence-corrected chi connectivity index (χ4v) is 2.81. The minimum Gasteiger partial charge on any atom is -0.444 e. The van der Waals surface area contributed by atoms with Crippen LogP contribution in [0.1, 0.15) is 44.5 Å². The summed E-state index contributed by atoms with van der Waals surface area (Å²) in [6.45, 7) is 12.2. The first kappa shape index (κ1) is 18.9. The van der Waals surface area contributed by atoms with Gasteiger partial charge in [0.25, 0.3) is 0 Å². The van der Waals surface area contributed by atoms with Crippen LogP contribution in [0, 0.1) is 5.92 Å². The summed E-state index contributed by atoms with van der Waals surface area (Å²) in [5.41, 5.74) is -0.448. The second kappa shape index (κ2) is 8.48. The van der Waals surface area contributed by atoms with E-state index in [1.807, 2.05) is 27.0 Å². The average Bonchev–Trinajstić information content (AvgIpc) is 2.84. The lowest BCUT2D eigenvalue weighted by atomic mass is 10.1. The summed E-state index contributed by atoms with van der Waals surface area (Å²) in [4.78, 5) is 19.1. The Hall–Kier alpha value is -1.14. The van der Waals surface area contributed by atoms with Gasteiger partial charge in [0, 0.05) is 31.2 Å². The summed E-state index contributed by atoms with van der Waals surface area (Å²) in [5.74, 6) is 0.357. The largest absolute Gasteiger partial charge is 0.444 e. The van der Waals surface area contributed by atoms with E-state index in [-0.39, 0.29) is 6.09 Å². The third-order valence-corrected chi connectivity index (χ3v) is 4.13. The Morgan fingerprint density at radius 1 is 1.50 bits per heavy atom. The van der Waals surface area contributed by atoms with E-state index in [4.69, 9.17) is 4.74 Å². The molecule has 1 unspecified atom stereocenters. The molecule has 126 valence electrons. The average molecular weight is 327 g/mol. The van der Waals surface area contributed by atoms with Gasteiger partial charge in [-0.15, -0.1) is 11.3 Å². The lowest BCUT2D eigenvalue weighted by Gasteiger charge is -2.26. The summed E-state index contributed by atoms with van der Waals surface area (Å²) in [6, 6.07) is 0. The summed E-state index contributed by atoms with van der Waals surface area (Å²) < 4.78 is 5.35. The number of nitrogens with one attached hydrogen (secondary N) is 1. The molecule has 1 atom stereocenters. The van der Waals surface area contributed by atoms with E-state index in [1.54, 1.807) is 23.3 Å². The van der Waals surface area contributed by atoms with Crippen molar-refractivity contribution < 1.29 is 9.53 Å². The molecule has 1 rings (SSSR count). The normalized spacial score (nSPS) is 13.0. The summed E-state index contributed by atoms with van der Waals surface area (Å²) in [7, 11) is 1.78. The number of carbonyl (C=O) groups excluding carboxylic acids is 1. The van der Waals surface area contributed by atoms with Crippen LogP contribution in [0.25, 0.3) is 0 Å². The molecule has 0 fully saturated rings. The molecule has 0 saturated carbocycles. The molecule has 0 aliphatic carbocycles. The van der Waals surface area contributed by atoms with Crippen LogP contribution < -0.4 is 5.32 Å². The highest BCUT2D eigenvalue weighted by Gasteiger charge is 2.20. The monoisotopic (exact) mass is 327 g/mol. The van der Waals surface area contributed by atoms with Gasteiger partial charge >= 0.3 is 6.09 Å². The third-order valence-electron chi connectivity index (χ3n) is 2.99. The second-order valence-corrected chi connectivity index (χ2v) is 7.87. The van der Waals surface area contributed by atoms with Crippen molar-refractivity contribution in [3.63, 3.8) is 0 Å². The Balaban J connectivity index is 2.27. The van der Waals surface area contributed by atoms with Crippen LogP contribution in [0.4, 0.5) is 4.79 Å². The minimum absolute atomic E-state index is 0.269. The van der Waals surface area contributed by atoms with Crippen molar-refractivity contribution in [1.82, 2.24) is 15.2 Å². The summed E-state index contributed by atoms with van der Waals surface area (Å²) >= 11 is 1.75. The molecule has 6 heteroatoms. The van der Waals surface area contributed by atoms with Crippen LogP contribution in [-0.4, -0.2) is 41.7 Å². The highest BCUT2D eigenvalue weighted by molar-refractivity contribution is 7.11. The van der Waals surface area contributed by atoms with Crippen molar-refractivity contribution in [3.05, 3.63) is 16.1 Å². The predicted molar refractivity (Wildman–Crippen MR) is 91.2 cm³/mol. The molecular weight excluding hydrogens is 298 g/mol. The Morgan fingerprint density at radius 3 is 2.73 bits per heavy atom. The number of aryl methyl sites for hydroxylation is 1. The number of carbonyl (C=O) groups is 1. The Morgan fingerprint density at radius 2 is 2.18 bits per heavy atom. The third kappa shape index (κ3) is 7.22. The van der Waals surface area contributed by atoms with Gasteiger partial charge in [0.15, 0.2) is 0 Å². The van der Waals surface area contributed by atoms with Gasteiger partial charge in [0.1, 0.15) is 5.60 Å². The van der Waals surface area contributed by atoms with E-state index < -0.39 is 5.60 Å². The number of nitrogens with zero attached hydrogens (tertiary/aromatic N) is 2. The van der Waals surface area contributed by atoms with Crippen molar-refractivity contribution in [1.29, 1.82) is 0 Å². The number of hydrogen-bond donors (Lipinski definition) is 1. The van der Waals surface area contributed by atoms with Gasteiger partial charge in [-0.1, -0.05) is 13.8 Å². The van der Waals surface area contributed by atoms with Crippen LogP contribution >= 0.6 is 11.3 Å². The molecule has 0 aliphatic rings. The highest BCUT2D eigenvalue weighted by atomic mass is 32.1. The van der Waals surface area contributed by atoms with E-state index in [1.165, 1.54) is 9.88 Å². The SMILES string of the molecule is CCc1ncc(CNCC(C)CN(C)C(=O)OC(C)(C)C)s1. The number of aromatic nitrogens is 1. The van der Waals surface area contributed by atoms with Gasteiger partial charge < -0.3 is 15.0 Å². The zero-order valence-corrected chi connectivity index (χ0v) is 15.4. The highest BCUT2D eigenvalue weighted by Crippen LogP contribution is 2.13. The zero-order chi connectivity index (χ0) is 16.8. The van der Waals surface area contributed by atoms with E-state index in [9.17, 15) is 4.79 Å². The van der Waals surface area contributed by atoms with Crippen molar-refractivity contribution in [2.24, 2.45) is 5.92 Å². The quantitative estimate of drug-likeness (QED) is 0.835. The Kier molecular flexibility index (Phi) is 7.29. The first-order valence-electron chi connectivity index (χ1n) is 7.79. The van der Waals surface area contributed by atoms with Gasteiger partial charge in [0.05, 0.1) is 5.01 Å².